The van der Waals surface area contributed by atoms with Gasteiger partial charge >= 0.3 is 0 Å². The van der Waals surface area contributed by atoms with Gasteiger partial charge in [-0.15, -0.1) is 10.2 Å². The Labute approximate surface area is 155 Å². The third-order valence-corrected chi connectivity index (χ3v) is 4.13. The van der Waals surface area contributed by atoms with Gasteiger partial charge < -0.3 is 14.8 Å². The molecule has 27 heavy (non-hydrogen) atoms. The fourth-order valence-corrected chi connectivity index (χ4v) is 2.78. The van der Waals surface area contributed by atoms with Crippen LogP contribution < -0.4 is 5.32 Å². The number of halogens is 1. The first-order chi connectivity index (χ1) is 13.2. The maximum atomic E-state index is 14.5. The Kier molecular flexibility index (Phi) is 4.53. The van der Waals surface area contributed by atoms with Crippen LogP contribution in [0.25, 0.3) is 11.5 Å². The normalized spacial score (nSPS) is 11.9. The maximum absolute atomic E-state index is 14.5. The van der Waals surface area contributed by atoms with Gasteiger partial charge in [0.15, 0.2) is 0 Å². The molecular formula is C21H16FN3O2. The van der Waals surface area contributed by atoms with Gasteiger partial charge in [0.1, 0.15) is 17.6 Å². The standard InChI is InChI=1S/C21H16FN3O2/c22-16-11-5-4-10-15(16)19(23-17-12-6-7-13-18(17)26)21-25-24-20(27-21)14-8-2-1-3-9-14/h1-13,19,23,26H/t19-/m0/s1. The van der Waals surface area contributed by atoms with Crippen molar-refractivity contribution in [2.45, 2.75) is 6.04 Å². The van der Waals surface area contributed by atoms with Crippen molar-refractivity contribution < 1.29 is 13.9 Å². The van der Waals surface area contributed by atoms with Crippen LogP contribution in [0.5, 0.6) is 5.75 Å². The number of phenols is 1. The maximum Gasteiger partial charge on any atom is 0.247 e. The lowest BCUT2D eigenvalue weighted by atomic mass is 10.1. The van der Waals surface area contributed by atoms with Crippen LogP contribution in [-0.4, -0.2) is 15.3 Å². The number of aromatic hydroxyl groups is 1. The van der Waals surface area contributed by atoms with E-state index in [1.807, 2.05) is 30.3 Å². The van der Waals surface area contributed by atoms with Crippen molar-refractivity contribution in [1.29, 1.82) is 0 Å². The molecule has 0 spiro atoms. The van der Waals surface area contributed by atoms with Crippen molar-refractivity contribution >= 4 is 5.69 Å². The molecule has 134 valence electrons. The molecule has 1 atom stereocenters. The average Bonchev–Trinajstić information content (AvgIpc) is 3.19. The molecule has 0 bridgehead atoms. The van der Waals surface area contributed by atoms with Crippen molar-refractivity contribution in [3.05, 3.63) is 96.1 Å². The van der Waals surface area contributed by atoms with Gasteiger partial charge in [0, 0.05) is 11.1 Å². The molecule has 0 aliphatic heterocycles. The molecule has 0 amide bonds. The summed E-state index contributed by atoms with van der Waals surface area (Å²) in [5.41, 5.74) is 1.54. The number of hydrogen-bond acceptors (Lipinski definition) is 5. The van der Waals surface area contributed by atoms with E-state index < -0.39 is 11.9 Å². The summed E-state index contributed by atoms with van der Waals surface area (Å²) in [5, 5.41) is 21.4. The highest BCUT2D eigenvalue weighted by molar-refractivity contribution is 5.58. The minimum Gasteiger partial charge on any atom is -0.506 e. The van der Waals surface area contributed by atoms with E-state index in [1.54, 1.807) is 42.5 Å². The third kappa shape index (κ3) is 3.50. The van der Waals surface area contributed by atoms with E-state index in [2.05, 4.69) is 15.5 Å². The number of aromatic nitrogens is 2. The second-order valence-corrected chi connectivity index (χ2v) is 5.93. The number of nitrogens with zero attached hydrogens (tertiary/aromatic N) is 2. The van der Waals surface area contributed by atoms with Crippen LogP contribution in [0.4, 0.5) is 10.1 Å². The van der Waals surface area contributed by atoms with Crippen molar-refractivity contribution in [3.63, 3.8) is 0 Å². The summed E-state index contributed by atoms with van der Waals surface area (Å²) in [7, 11) is 0. The second-order valence-electron chi connectivity index (χ2n) is 5.93. The molecule has 4 aromatic rings. The number of rotatable bonds is 5. The van der Waals surface area contributed by atoms with E-state index in [1.165, 1.54) is 6.07 Å². The topological polar surface area (TPSA) is 71.2 Å². The first kappa shape index (κ1) is 16.8. The lowest BCUT2D eigenvalue weighted by molar-refractivity contribution is 0.470. The number of phenolic OH excluding ortho intramolecular Hbond substituents is 1. The summed E-state index contributed by atoms with van der Waals surface area (Å²) in [6.45, 7) is 0. The van der Waals surface area contributed by atoms with Gasteiger partial charge in [0.05, 0.1) is 5.69 Å². The van der Waals surface area contributed by atoms with Gasteiger partial charge in [-0.3, -0.25) is 0 Å². The molecule has 6 heteroatoms. The predicted molar refractivity (Wildman–Crippen MR) is 99.7 cm³/mol. The minimum absolute atomic E-state index is 0.0432. The summed E-state index contributed by atoms with van der Waals surface area (Å²) in [4.78, 5) is 0. The van der Waals surface area contributed by atoms with Crippen LogP contribution in [0.2, 0.25) is 0 Å². The van der Waals surface area contributed by atoms with Crippen molar-refractivity contribution in [2.24, 2.45) is 0 Å². The monoisotopic (exact) mass is 361 g/mol. The first-order valence-corrected chi connectivity index (χ1v) is 8.40. The summed E-state index contributed by atoms with van der Waals surface area (Å²) >= 11 is 0. The number of para-hydroxylation sites is 2. The zero-order valence-corrected chi connectivity index (χ0v) is 14.2. The first-order valence-electron chi connectivity index (χ1n) is 8.40. The van der Waals surface area contributed by atoms with Gasteiger partial charge in [0.2, 0.25) is 11.8 Å². The second kappa shape index (κ2) is 7.29. The lowest BCUT2D eigenvalue weighted by Gasteiger charge is -2.18. The van der Waals surface area contributed by atoms with Crippen LogP contribution >= 0.6 is 0 Å². The quantitative estimate of drug-likeness (QED) is 0.501. The van der Waals surface area contributed by atoms with Gasteiger partial charge in [-0.1, -0.05) is 48.5 Å². The number of hydrogen-bond donors (Lipinski definition) is 2. The largest absolute Gasteiger partial charge is 0.506 e. The van der Waals surface area contributed by atoms with E-state index in [-0.39, 0.29) is 11.6 Å². The Bertz CT molecular complexity index is 1050. The van der Waals surface area contributed by atoms with Crippen molar-refractivity contribution in [1.82, 2.24) is 10.2 Å². The van der Waals surface area contributed by atoms with E-state index in [0.29, 0.717) is 17.1 Å². The van der Waals surface area contributed by atoms with Crippen molar-refractivity contribution in [3.8, 4) is 17.2 Å². The summed E-state index contributed by atoms with van der Waals surface area (Å²) in [6, 6.07) is 21.6. The van der Waals surface area contributed by atoms with Gasteiger partial charge in [-0.2, -0.15) is 0 Å². The molecule has 0 saturated heterocycles. The molecule has 5 nitrogen and oxygen atoms in total. The Hall–Kier alpha value is -3.67. The zero-order chi connectivity index (χ0) is 18.6. The highest BCUT2D eigenvalue weighted by atomic mass is 19.1. The fraction of sp³-hybridized carbons (Fsp3) is 0.0476. The summed E-state index contributed by atoms with van der Waals surface area (Å²) in [6.07, 6.45) is 0. The van der Waals surface area contributed by atoms with E-state index >= 15 is 0 Å². The van der Waals surface area contributed by atoms with Crippen LogP contribution in [0.3, 0.4) is 0 Å². The number of anilines is 1. The lowest BCUT2D eigenvalue weighted by Crippen LogP contribution is -2.14. The predicted octanol–water partition coefficient (Wildman–Crippen LogP) is 4.78. The summed E-state index contributed by atoms with van der Waals surface area (Å²) in [5.74, 6) is 0.166. The van der Waals surface area contributed by atoms with Gasteiger partial charge in [0.25, 0.3) is 0 Å². The van der Waals surface area contributed by atoms with E-state index in [0.717, 1.165) is 5.56 Å². The van der Waals surface area contributed by atoms with Gasteiger partial charge in [-0.25, -0.2) is 4.39 Å². The highest BCUT2D eigenvalue weighted by Crippen LogP contribution is 2.32. The van der Waals surface area contributed by atoms with Crippen LogP contribution in [0, 0.1) is 5.82 Å². The molecule has 0 aliphatic rings. The molecule has 1 aromatic heterocycles. The minimum atomic E-state index is -0.760. The molecule has 3 aromatic carbocycles. The highest BCUT2D eigenvalue weighted by Gasteiger charge is 2.25. The Morgan fingerprint density at radius 1 is 0.852 bits per heavy atom. The third-order valence-electron chi connectivity index (χ3n) is 4.13. The number of nitrogens with one attached hydrogen (secondary N) is 1. The van der Waals surface area contributed by atoms with Crippen molar-refractivity contribution in [2.75, 3.05) is 5.32 Å². The van der Waals surface area contributed by atoms with Crippen LogP contribution in [-0.2, 0) is 0 Å². The van der Waals surface area contributed by atoms with Crippen LogP contribution in [0.15, 0.2) is 83.3 Å². The van der Waals surface area contributed by atoms with E-state index in [9.17, 15) is 9.50 Å². The van der Waals surface area contributed by atoms with Crippen LogP contribution in [0.1, 0.15) is 17.5 Å². The van der Waals surface area contributed by atoms with Gasteiger partial charge in [-0.05, 0) is 30.3 Å². The zero-order valence-electron chi connectivity index (χ0n) is 14.2. The Balaban J connectivity index is 1.76. The molecule has 0 unspecified atom stereocenters. The Morgan fingerprint density at radius 3 is 2.33 bits per heavy atom. The van der Waals surface area contributed by atoms with E-state index in [4.69, 9.17) is 4.42 Å². The molecular weight excluding hydrogens is 345 g/mol. The number of benzene rings is 3. The molecule has 2 N–H and O–H groups in total. The molecule has 0 saturated carbocycles. The molecule has 1 heterocycles. The molecule has 0 radical (unpaired) electrons. The fourth-order valence-electron chi connectivity index (χ4n) is 2.78. The summed E-state index contributed by atoms with van der Waals surface area (Å²) < 4.78 is 20.3. The SMILES string of the molecule is Oc1ccccc1N[C@H](c1nnc(-c2ccccc2)o1)c1ccccc1F. The Morgan fingerprint density at radius 2 is 1.56 bits per heavy atom. The smallest absolute Gasteiger partial charge is 0.247 e. The molecule has 0 fully saturated rings. The average molecular weight is 361 g/mol. The molecule has 4 rings (SSSR count). The molecule has 0 aliphatic carbocycles.